The second-order valence-corrected chi connectivity index (χ2v) is 7.82. The lowest BCUT2D eigenvalue weighted by atomic mass is 9.99. The lowest BCUT2D eigenvalue weighted by Gasteiger charge is -2.37. The molecular formula is C21H30N6O2. The molecule has 2 saturated heterocycles. The van der Waals surface area contributed by atoms with Crippen LogP contribution in [0.3, 0.4) is 0 Å². The summed E-state index contributed by atoms with van der Waals surface area (Å²) in [7, 11) is 3.65. The lowest BCUT2D eigenvalue weighted by Crippen LogP contribution is -2.53. The van der Waals surface area contributed by atoms with Gasteiger partial charge in [0, 0.05) is 44.5 Å². The highest BCUT2D eigenvalue weighted by Gasteiger charge is 2.36. The third-order valence-electron chi connectivity index (χ3n) is 6.13. The van der Waals surface area contributed by atoms with E-state index in [9.17, 15) is 4.79 Å². The van der Waals surface area contributed by atoms with Gasteiger partial charge < -0.3 is 14.5 Å². The van der Waals surface area contributed by atoms with Crippen molar-refractivity contribution in [1.82, 2.24) is 25.5 Å². The number of hydrogen-bond donors (Lipinski definition) is 2. The topological polar surface area (TPSA) is 74.7 Å². The minimum Gasteiger partial charge on any atom is -0.495 e. The van der Waals surface area contributed by atoms with Crippen molar-refractivity contribution in [2.45, 2.75) is 32.4 Å². The van der Waals surface area contributed by atoms with E-state index in [2.05, 4.69) is 33.8 Å². The zero-order valence-electron chi connectivity index (χ0n) is 17.6. The molecule has 2 aromatic rings. The van der Waals surface area contributed by atoms with Crippen LogP contribution in [0.4, 0.5) is 5.69 Å². The van der Waals surface area contributed by atoms with Gasteiger partial charge in [0.2, 0.25) is 5.91 Å². The van der Waals surface area contributed by atoms with Crippen LogP contribution < -0.4 is 20.5 Å². The normalized spacial score (nSPS) is 22.2. The summed E-state index contributed by atoms with van der Waals surface area (Å²) in [6.45, 7) is 7.13. The lowest BCUT2D eigenvalue weighted by molar-refractivity contribution is -0.133. The van der Waals surface area contributed by atoms with E-state index in [0.29, 0.717) is 13.1 Å². The number of rotatable bonds is 4. The van der Waals surface area contributed by atoms with Gasteiger partial charge in [-0.3, -0.25) is 9.48 Å². The number of methoxy groups -OCH3 is 1. The quantitative estimate of drug-likeness (QED) is 0.809. The maximum atomic E-state index is 13.1. The van der Waals surface area contributed by atoms with Crippen LogP contribution in [0, 0.1) is 13.8 Å². The predicted octanol–water partition coefficient (Wildman–Crippen LogP) is 1.30. The zero-order chi connectivity index (χ0) is 20.5. The monoisotopic (exact) mass is 398 g/mol. The SMILES string of the molecule is COc1ccccc1N1CCN(C(=O)C2CC(c3c(C)nn(C)c3C)NN2)CC1. The molecule has 4 rings (SSSR count). The third-order valence-corrected chi connectivity index (χ3v) is 6.13. The fourth-order valence-electron chi connectivity index (χ4n) is 4.48. The van der Waals surface area contributed by atoms with Crippen LogP contribution in [-0.2, 0) is 11.8 Å². The summed E-state index contributed by atoms with van der Waals surface area (Å²) in [4.78, 5) is 17.3. The van der Waals surface area contributed by atoms with Crippen LogP contribution in [-0.4, -0.2) is 59.9 Å². The molecule has 156 valence electrons. The molecule has 1 aromatic carbocycles. The number of nitrogens with zero attached hydrogens (tertiary/aromatic N) is 4. The van der Waals surface area contributed by atoms with Crippen molar-refractivity contribution in [3.05, 3.63) is 41.2 Å². The standard InChI is InChI=1S/C21H30N6O2/c1-14-20(15(2)25(3)24-14)16-13-17(23-22-16)21(28)27-11-9-26(10-12-27)18-7-5-6-8-19(18)29-4/h5-8,16-17,22-23H,9-13H2,1-4H3. The Labute approximate surface area is 171 Å². The third kappa shape index (κ3) is 3.70. The van der Waals surface area contributed by atoms with E-state index in [1.807, 2.05) is 41.8 Å². The number of aromatic nitrogens is 2. The van der Waals surface area contributed by atoms with Gasteiger partial charge >= 0.3 is 0 Å². The average molecular weight is 399 g/mol. The Morgan fingerprint density at radius 3 is 2.52 bits per heavy atom. The molecule has 2 aliphatic heterocycles. The number of hydrazine groups is 1. The van der Waals surface area contributed by atoms with Crippen molar-refractivity contribution in [3.8, 4) is 5.75 Å². The Morgan fingerprint density at radius 2 is 1.86 bits per heavy atom. The van der Waals surface area contributed by atoms with Crippen molar-refractivity contribution in [2.24, 2.45) is 7.05 Å². The molecule has 0 aliphatic carbocycles. The van der Waals surface area contributed by atoms with E-state index in [4.69, 9.17) is 4.74 Å². The average Bonchev–Trinajstić information content (AvgIpc) is 3.31. The van der Waals surface area contributed by atoms with Gasteiger partial charge in [-0.15, -0.1) is 0 Å². The van der Waals surface area contributed by atoms with E-state index in [-0.39, 0.29) is 18.0 Å². The number of anilines is 1. The summed E-state index contributed by atoms with van der Waals surface area (Å²) in [5, 5.41) is 4.50. The zero-order valence-corrected chi connectivity index (χ0v) is 17.6. The Hall–Kier alpha value is -2.58. The summed E-state index contributed by atoms with van der Waals surface area (Å²) in [6, 6.07) is 7.94. The summed E-state index contributed by atoms with van der Waals surface area (Å²) < 4.78 is 7.38. The molecule has 2 N–H and O–H groups in total. The first-order valence-corrected chi connectivity index (χ1v) is 10.2. The molecule has 2 unspecified atom stereocenters. The number of piperazine rings is 1. The van der Waals surface area contributed by atoms with E-state index in [1.165, 1.54) is 5.56 Å². The predicted molar refractivity (Wildman–Crippen MR) is 112 cm³/mol. The fourth-order valence-corrected chi connectivity index (χ4v) is 4.48. The molecule has 3 heterocycles. The van der Waals surface area contributed by atoms with Crippen LogP contribution in [0.15, 0.2) is 24.3 Å². The van der Waals surface area contributed by atoms with Crippen molar-refractivity contribution < 1.29 is 9.53 Å². The fraction of sp³-hybridized carbons (Fsp3) is 0.524. The van der Waals surface area contributed by atoms with E-state index in [1.54, 1.807) is 7.11 Å². The molecule has 1 aromatic heterocycles. The largest absolute Gasteiger partial charge is 0.495 e. The molecular weight excluding hydrogens is 368 g/mol. The highest BCUT2D eigenvalue weighted by Crippen LogP contribution is 2.30. The molecule has 0 radical (unpaired) electrons. The maximum absolute atomic E-state index is 13.1. The minimum atomic E-state index is -0.211. The van der Waals surface area contributed by atoms with Gasteiger partial charge in [0.25, 0.3) is 0 Å². The van der Waals surface area contributed by atoms with Gasteiger partial charge in [-0.1, -0.05) is 12.1 Å². The first-order chi connectivity index (χ1) is 14.0. The molecule has 0 spiro atoms. The number of ether oxygens (including phenoxy) is 1. The Morgan fingerprint density at radius 1 is 1.14 bits per heavy atom. The smallest absolute Gasteiger partial charge is 0.241 e. The van der Waals surface area contributed by atoms with Gasteiger partial charge in [-0.2, -0.15) is 5.10 Å². The van der Waals surface area contributed by atoms with Crippen molar-refractivity contribution in [1.29, 1.82) is 0 Å². The van der Waals surface area contributed by atoms with E-state index >= 15 is 0 Å². The number of aryl methyl sites for hydroxylation is 2. The second kappa shape index (κ2) is 8.04. The Kier molecular flexibility index (Phi) is 5.47. The molecule has 2 atom stereocenters. The molecule has 0 saturated carbocycles. The molecule has 0 bridgehead atoms. The number of carbonyl (C=O) groups is 1. The van der Waals surface area contributed by atoms with Gasteiger partial charge in [0.05, 0.1) is 24.5 Å². The highest BCUT2D eigenvalue weighted by atomic mass is 16.5. The Balaban J connectivity index is 1.37. The van der Waals surface area contributed by atoms with Crippen LogP contribution in [0.25, 0.3) is 0 Å². The summed E-state index contributed by atoms with van der Waals surface area (Å²) in [5.41, 5.74) is 11.0. The molecule has 2 aliphatic rings. The van der Waals surface area contributed by atoms with Gasteiger partial charge in [-0.05, 0) is 32.4 Å². The number of amides is 1. The molecule has 8 heteroatoms. The maximum Gasteiger partial charge on any atom is 0.241 e. The molecule has 8 nitrogen and oxygen atoms in total. The number of hydrogen-bond acceptors (Lipinski definition) is 6. The van der Waals surface area contributed by atoms with E-state index < -0.39 is 0 Å². The summed E-state index contributed by atoms with van der Waals surface area (Å²) >= 11 is 0. The van der Waals surface area contributed by atoms with Gasteiger partial charge in [0.15, 0.2) is 0 Å². The van der Waals surface area contributed by atoms with Crippen LogP contribution in [0.1, 0.15) is 29.4 Å². The number of para-hydroxylation sites is 2. The van der Waals surface area contributed by atoms with Crippen LogP contribution in [0.5, 0.6) is 5.75 Å². The van der Waals surface area contributed by atoms with Crippen LogP contribution >= 0.6 is 0 Å². The van der Waals surface area contributed by atoms with Gasteiger partial charge in [-0.25, -0.2) is 10.9 Å². The highest BCUT2D eigenvalue weighted by molar-refractivity contribution is 5.82. The first-order valence-electron chi connectivity index (χ1n) is 10.2. The van der Waals surface area contributed by atoms with Gasteiger partial charge in [0.1, 0.15) is 11.8 Å². The number of benzene rings is 1. The number of nitrogens with one attached hydrogen (secondary N) is 2. The minimum absolute atomic E-state index is 0.104. The summed E-state index contributed by atoms with van der Waals surface area (Å²) in [6.07, 6.45) is 0.735. The molecule has 2 fully saturated rings. The van der Waals surface area contributed by atoms with Crippen molar-refractivity contribution in [2.75, 3.05) is 38.2 Å². The summed E-state index contributed by atoms with van der Waals surface area (Å²) in [5.74, 6) is 1.04. The molecule has 29 heavy (non-hydrogen) atoms. The number of carbonyl (C=O) groups excluding carboxylic acids is 1. The molecule has 1 amide bonds. The van der Waals surface area contributed by atoms with E-state index in [0.717, 1.165) is 42.3 Å². The second-order valence-electron chi connectivity index (χ2n) is 7.82. The van der Waals surface area contributed by atoms with Crippen molar-refractivity contribution in [3.63, 3.8) is 0 Å². The first kappa shape index (κ1) is 19.7. The van der Waals surface area contributed by atoms with Crippen LogP contribution in [0.2, 0.25) is 0 Å². The Bertz CT molecular complexity index is 887. The van der Waals surface area contributed by atoms with Crippen molar-refractivity contribution >= 4 is 11.6 Å².